The van der Waals surface area contributed by atoms with Crippen molar-refractivity contribution in [1.29, 1.82) is 0 Å². The third-order valence-corrected chi connectivity index (χ3v) is 3.78. The van der Waals surface area contributed by atoms with E-state index in [0.29, 0.717) is 12.1 Å². The van der Waals surface area contributed by atoms with Crippen LogP contribution in [-0.2, 0) is 0 Å². The van der Waals surface area contributed by atoms with Gasteiger partial charge >= 0.3 is 0 Å². The number of rotatable bonds is 7. The smallest absolute Gasteiger partial charge is 0.0294 e. The van der Waals surface area contributed by atoms with Crippen LogP contribution < -0.4 is 5.32 Å². The second-order valence-electron chi connectivity index (χ2n) is 4.69. The molecule has 0 aliphatic heterocycles. The molecule has 0 amide bonds. The predicted octanol–water partition coefficient (Wildman–Crippen LogP) is 5.07. The summed E-state index contributed by atoms with van der Waals surface area (Å²) < 4.78 is 1.14. The van der Waals surface area contributed by atoms with Crippen molar-refractivity contribution in [2.75, 3.05) is 0 Å². The van der Waals surface area contributed by atoms with Crippen LogP contribution >= 0.6 is 15.9 Å². The Morgan fingerprint density at radius 1 is 1.18 bits per heavy atom. The van der Waals surface area contributed by atoms with Crippen LogP contribution in [0.2, 0.25) is 0 Å². The summed E-state index contributed by atoms with van der Waals surface area (Å²) in [7, 11) is 0. The summed E-state index contributed by atoms with van der Waals surface area (Å²) in [5.41, 5.74) is 1.36. The molecule has 2 unspecified atom stereocenters. The van der Waals surface area contributed by atoms with Gasteiger partial charge in [0.05, 0.1) is 0 Å². The molecule has 0 radical (unpaired) electrons. The van der Waals surface area contributed by atoms with Crippen molar-refractivity contribution < 1.29 is 0 Å². The molecule has 2 heteroatoms. The summed E-state index contributed by atoms with van der Waals surface area (Å²) in [6.07, 6.45) is 5.10. The SMILES string of the molecule is CCCCC(CC)NC(C)c1ccc(Br)cc1. The van der Waals surface area contributed by atoms with Crippen LogP contribution in [0.1, 0.15) is 58.1 Å². The Balaban J connectivity index is 2.51. The highest BCUT2D eigenvalue weighted by atomic mass is 79.9. The number of nitrogens with one attached hydrogen (secondary N) is 1. The molecular weight excluding hydrogens is 274 g/mol. The Labute approximate surface area is 114 Å². The molecule has 0 bridgehead atoms. The Bertz CT molecular complexity index is 307. The summed E-state index contributed by atoms with van der Waals surface area (Å²) in [5, 5.41) is 3.72. The standard InChI is InChI=1S/C15H24BrN/c1-4-6-7-15(5-2)17-12(3)13-8-10-14(16)11-9-13/h8-12,15,17H,4-7H2,1-3H3. The predicted molar refractivity (Wildman–Crippen MR) is 79.3 cm³/mol. The second-order valence-corrected chi connectivity index (χ2v) is 5.60. The molecular formula is C15H24BrN. The molecule has 1 aromatic carbocycles. The molecule has 0 aliphatic carbocycles. The largest absolute Gasteiger partial charge is 0.307 e. The van der Waals surface area contributed by atoms with Gasteiger partial charge in [0.2, 0.25) is 0 Å². The van der Waals surface area contributed by atoms with Gasteiger partial charge in [-0.15, -0.1) is 0 Å². The summed E-state index contributed by atoms with van der Waals surface area (Å²) >= 11 is 3.47. The minimum absolute atomic E-state index is 0.435. The van der Waals surface area contributed by atoms with Crippen molar-refractivity contribution in [2.24, 2.45) is 0 Å². The fourth-order valence-corrected chi connectivity index (χ4v) is 2.32. The topological polar surface area (TPSA) is 12.0 Å². The first-order valence-corrected chi connectivity index (χ1v) is 7.48. The molecule has 0 aromatic heterocycles. The molecule has 17 heavy (non-hydrogen) atoms. The molecule has 0 fully saturated rings. The zero-order chi connectivity index (χ0) is 12.7. The van der Waals surface area contributed by atoms with E-state index in [1.807, 2.05) is 0 Å². The average Bonchev–Trinajstić information content (AvgIpc) is 2.35. The first-order chi connectivity index (χ1) is 8.17. The van der Waals surface area contributed by atoms with Crippen molar-refractivity contribution in [3.8, 4) is 0 Å². The average molecular weight is 298 g/mol. The van der Waals surface area contributed by atoms with Gasteiger partial charge in [0.15, 0.2) is 0 Å². The van der Waals surface area contributed by atoms with Crippen LogP contribution in [0.15, 0.2) is 28.7 Å². The number of benzene rings is 1. The normalized spacial score (nSPS) is 14.6. The minimum Gasteiger partial charge on any atom is -0.307 e. The fraction of sp³-hybridized carbons (Fsp3) is 0.600. The van der Waals surface area contributed by atoms with E-state index in [1.54, 1.807) is 0 Å². The number of hydrogen-bond acceptors (Lipinski definition) is 1. The van der Waals surface area contributed by atoms with Crippen LogP contribution in [0.5, 0.6) is 0 Å². The van der Waals surface area contributed by atoms with Gasteiger partial charge in [0.1, 0.15) is 0 Å². The highest BCUT2D eigenvalue weighted by Gasteiger charge is 2.11. The molecule has 2 atom stereocenters. The maximum Gasteiger partial charge on any atom is 0.0294 e. The molecule has 0 heterocycles. The fourth-order valence-electron chi connectivity index (χ4n) is 2.06. The van der Waals surface area contributed by atoms with Gasteiger partial charge in [-0.3, -0.25) is 0 Å². The molecule has 0 saturated heterocycles. The Kier molecular flexibility index (Phi) is 6.83. The molecule has 96 valence electrons. The van der Waals surface area contributed by atoms with E-state index in [9.17, 15) is 0 Å². The number of hydrogen-bond donors (Lipinski definition) is 1. The van der Waals surface area contributed by atoms with E-state index in [1.165, 1.54) is 31.2 Å². The van der Waals surface area contributed by atoms with Crippen LogP contribution in [0.25, 0.3) is 0 Å². The van der Waals surface area contributed by atoms with Crippen molar-refractivity contribution in [2.45, 2.75) is 58.5 Å². The summed E-state index contributed by atoms with van der Waals surface area (Å²) in [6, 6.07) is 9.68. The van der Waals surface area contributed by atoms with Crippen LogP contribution in [0.4, 0.5) is 0 Å². The molecule has 1 nitrogen and oxygen atoms in total. The third kappa shape index (κ3) is 5.22. The molecule has 0 spiro atoms. The van der Waals surface area contributed by atoms with Gasteiger partial charge in [-0.2, -0.15) is 0 Å². The van der Waals surface area contributed by atoms with E-state index in [4.69, 9.17) is 0 Å². The van der Waals surface area contributed by atoms with Crippen molar-refractivity contribution in [1.82, 2.24) is 5.32 Å². The van der Waals surface area contributed by atoms with Gasteiger partial charge in [-0.05, 0) is 37.5 Å². The van der Waals surface area contributed by atoms with E-state index in [2.05, 4.69) is 66.3 Å². The van der Waals surface area contributed by atoms with Crippen molar-refractivity contribution in [3.05, 3.63) is 34.3 Å². The Morgan fingerprint density at radius 3 is 2.35 bits per heavy atom. The zero-order valence-electron chi connectivity index (χ0n) is 11.2. The van der Waals surface area contributed by atoms with Gasteiger partial charge in [0.25, 0.3) is 0 Å². The quantitative estimate of drug-likeness (QED) is 0.741. The maximum absolute atomic E-state index is 3.72. The monoisotopic (exact) mass is 297 g/mol. The highest BCUT2D eigenvalue weighted by Crippen LogP contribution is 2.18. The van der Waals surface area contributed by atoms with Gasteiger partial charge in [0, 0.05) is 16.6 Å². The Hall–Kier alpha value is -0.340. The van der Waals surface area contributed by atoms with Gasteiger partial charge in [-0.1, -0.05) is 54.8 Å². The summed E-state index contributed by atoms with van der Waals surface area (Å²) in [4.78, 5) is 0. The van der Waals surface area contributed by atoms with E-state index >= 15 is 0 Å². The maximum atomic E-state index is 3.72. The molecule has 0 aliphatic rings. The zero-order valence-corrected chi connectivity index (χ0v) is 12.8. The lowest BCUT2D eigenvalue weighted by Gasteiger charge is -2.22. The summed E-state index contributed by atoms with van der Waals surface area (Å²) in [6.45, 7) is 6.77. The first-order valence-electron chi connectivity index (χ1n) is 6.68. The molecule has 1 aromatic rings. The third-order valence-electron chi connectivity index (χ3n) is 3.25. The minimum atomic E-state index is 0.435. The van der Waals surface area contributed by atoms with E-state index < -0.39 is 0 Å². The molecule has 1 rings (SSSR count). The van der Waals surface area contributed by atoms with Crippen LogP contribution in [0.3, 0.4) is 0 Å². The van der Waals surface area contributed by atoms with Crippen LogP contribution in [-0.4, -0.2) is 6.04 Å². The lowest BCUT2D eigenvalue weighted by molar-refractivity contribution is 0.410. The lowest BCUT2D eigenvalue weighted by atomic mass is 10.0. The van der Waals surface area contributed by atoms with Gasteiger partial charge < -0.3 is 5.32 Å². The molecule has 1 N–H and O–H groups in total. The van der Waals surface area contributed by atoms with Crippen LogP contribution in [0, 0.1) is 0 Å². The first kappa shape index (κ1) is 14.7. The highest BCUT2D eigenvalue weighted by molar-refractivity contribution is 9.10. The Morgan fingerprint density at radius 2 is 1.82 bits per heavy atom. The number of unbranched alkanes of at least 4 members (excludes halogenated alkanes) is 1. The van der Waals surface area contributed by atoms with Crippen molar-refractivity contribution in [3.63, 3.8) is 0 Å². The lowest BCUT2D eigenvalue weighted by Crippen LogP contribution is -2.30. The van der Waals surface area contributed by atoms with Gasteiger partial charge in [-0.25, -0.2) is 0 Å². The second kappa shape index (κ2) is 7.88. The van der Waals surface area contributed by atoms with E-state index in [-0.39, 0.29) is 0 Å². The molecule has 0 saturated carbocycles. The van der Waals surface area contributed by atoms with Crippen molar-refractivity contribution >= 4 is 15.9 Å². The number of halogens is 1. The van der Waals surface area contributed by atoms with E-state index in [0.717, 1.165) is 4.47 Å². The summed E-state index contributed by atoms with van der Waals surface area (Å²) in [5.74, 6) is 0.